The van der Waals surface area contributed by atoms with Gasteiger partial charge < -0.3 is 5.73 Å². The third-order valence-corrected chi connectivity index (χ3v) is 4.87. The Bertz CT molecular complexity index is 322. The second kappa shape index (κ2) is 4.01. The molecule has 0 aromatic heterocycles. The van der Waals surface area contributed by atoms with Gasteiger partial charge in [0.15, 0.2) is 0 Å². The summed E-state index contributed by atoms with van der Waals surface area (Å²) in [6.45, 7) is 3.44. The monoisotopic (exact) mass is 233 g/mol. The van der Waals surface area contributed by atoms with Crippen LogP contribution in [0, 0.1) is 5.92 Å². The Labute approximate surface area is 91.2 Å². The Morgan fingerprint density at radius 2 is 1.87 bits per heavy atom. The van der Waals surface area contributed by atoms with Gasteiger partial charge in [-0.1, -0.05) is 6.92 Å². The van der Waals surface area contributed by atoms with Gasteiger partial charge in [0.1, 0.15) is 0 Å². The van der Waals surface area contributed by atoms with Gasteiger partial charge >= 0.3 is 0 Å². The molecule has 1 aliphatic heterocycles. The SMILES string of the molecule is CC1CCN(S(=O)(=O)NC2CC2N)CC1. The Morgan fingerprint density at radius 3 is 2.33 bits per heavy atom. The van der Waals surface area contributed by atoms with Gasteiger partial charge in [-0.05, 0) is 25.2 Å². The molecular weight excluding hydrogens is 214 g/mol. The van der Waals surface area contributed by atoms with Crippen LogP contribution >= 0.6 is 0 Å². The van der Waals surface area contributed by atoms with E-state index in [9.17, 15) is 8.42 Å². The van der Waals surface area contributed by atoms with Gasteiger partial charge in [-0.25, -0.2) is 0 Å². The highest BCUT2D eigenvalue weighted by atomic mass is 32.2. The van der Waals surface area contributed by atoms with E-state index in [0.717, 1.165) is 19.3 Å². The molecule has 1 saturated carbocycles. The van der Waals surface area contributed by atoms with Gasteiger partial charge in [0.05, 0.1) is 0 Å². The largest absolute Gasteiger partial charge is 0.326 e. The molecule has 88 valence electrons. The van der Waals surface area contributed by atoms with Crippen LogP contribution in [0.1, 0.15) is 26.2 Å². The van der Waals surface area contributed by atoms with Crippen LogP contribution in [0.3, 0.4) is 0 Å². The average Bonchev–Trinajstić information content (AvgIpc) is 2.81. The van der Waals surface area contributed by atoms with Crippen molar-refractivity contribution in [2.75, 3.05) is 13.1 Å². The molecule has 1 aliphatic carbocycles. The van der Waals surface area contributed by atoms with Gasteiger partial charge in [0.25, 0.3) is 10.2 Å². The van der Waals surface area contributed by atoms with Crippen molar-refractivity contribution in [1.82, 2.24) is 9.03 Å². The summed E-state index contributed by atoms with van der Waals surface area (Å²) in [5, 5.41) is 0. The first-order valence-corrected chi connectivity index (χ1v) is 6.96. The lowest BCUT2D eigenvalue weighted by atomic mass is 10.0. The summed E-state index contributed by atoms with van der Waals surface area (Å²) in [6.07, 6.45) is 2.68. The highest BCUT2D eigenvalue weighted by Gasteiger charge is 2.39. The van der Waals surface area contributed by atoms with Crippen LogP contribution in [0.2, 0.25) is 0 Å². The molecule has 1 heterocycles. The Morgan fingerprint density at radius 1 is 1.33 bits per heavy atom. The first-order chi connectivity index (χ1) is 6.99. The molecule has 0 radical (unpaired) electrons. The smallest absolute Gasteiger partial charge is 0.279 e. The Hall–Kier alpha value is -0.170. The quantitative estimate of drug-likeness (QED) is 0.700. The van der Waals surface area contributed by atoms with E-state index in [0.29, 0.717) is 19.0 Å². The van der Waals surface area contributed by atoms with Crippen molar-refractivity contribution in [3.8, 4) is 0 Å². The van der Waals surface area contributed by atoms with Gasteiger partial charge in [-0.3, -0.25) is 0 Å². The lowest BCUT2D eigenvalue weighted by Gasteiger charge is -2.29. The van der Waals surface area contributed by atoms with E-state index >= 15 is 0 Å². The van der Waals surface area contributed by atoms with Gasteiger partial charge in [0, 0.05) is 25.2 Å². The fraction of sp³-hybridized carbons (Fsp3) is 1.00. The molecule has 3 N–H and O–H groups in total. The zero-order valence-electron chi connectivity index (χ0n) is 9.02. The number of nitrogens with one attached hydrogen (secondary N) is 1. The van der Waals surface area contributed by atoms with Gasteiger partial charge in [-0.2, -0.15) is 17.4 Å². The average molecular weight is 233 g/mol. The highest BCUT2D eigenvalue weighted by molar-refractivity contribution is 7.87. The predicted octanol–water partition coefficient (Wildman–Crippen LogP) is -0.348. The van der Waals surface area contributed by atoms with Crippen molar-refractivity contribution in [3.63, 3.8) is 0 Å². The minimum atomic E-state index is -3.27. The van der Waals surface area contributed by atoms with E-state index in [1.54, 1.807) is 0 Å². The second-order valence-corrected chi connectivity index (χ2v) is 6.41. The van der Waals surface area contributed by atoms with Crippen molar-refractivity contribution in [1.29, 1.82) is 0 Å². The molecule has 5 nitrogen and oxygen atoms in total. The van der Waals surface area contributed by atoms with E-state index in [-0.39, 0.29) is 12.1 Å². The van der Waals surface area contributed by atoms with E-state index in [1.165, 1.54) is 4.31 Å². The molecule has 1 saturated heterocycles. The van der Waals surface area contributed by atoms with E-state index < -0.39 is 10.2 Å². The molecule has 2 rings (SSSR count). The summed E-state index contributed by atoms with van der Waals surface area (Å²) in [7, 11) is -3.27. The third kappa shape index (κ3) is 2.69. The summed E-state index contributed by atoms with van der Waals surface area (Å²) in [6, 6.07) is -0.0159. The topological polar surface area (TPSA) is 75.4 Å². The predicted molar refractivity (Wildman–Crippen MR) is 58.4 cm³/mol. The first kappa shape index (κ1) is 11.3. The number of nitrogens with two attached hydrogens (primary N) is 1. The normalized spacial score (nSPS) is 34.3. The van der Waals surface area contributed by atoms with E-state index in [1.807, 2.05) is 0 Å². The maximum absolute atomic E-state index is 11.8. The van der Waals surface area contributed by atoms with Crippen LogP contribution in [0.15, 0.2) is 0 Å². The van der Waals surface area contributed by atoms with Crippen molar-refractivity contribution in [3.05, 3.63) is 0 Å². The maximum atomic E-state index is 11.8. The highest BCUT2D eigenvalue weighted by Crippen LogP contribution is 2.22. The molecular formula is C9H19N3O2S. The molecule has 2 unspecified atom stereocenters. The maximum Gasteiger partial charge on any atom is 0.279 e. The zero-order valence-corrected chi connectivity index (χ0v) is 9.83. The van der Waals surface area contributed by atoms with Crippen LogP contribution in [0.4, 0.5) is 0 Å². The van der Waals surface area contributed by atoms with E-state index in [4.69, 9.17) is 5.73 Å². The van der Waals surface area contributed by atoms with Crippen molar-refractivity contribution >= 4 is 10.2 Å². The summed E-state index contributed by atoms with van der Waals surface area (Å²) in [4.78, 5) is 0. The van der Waals surface area contributed by atoms with Crippen LogP contribution in [0.5, 0.6) is 0 Å². The van der Waals surface area contributed by atoms with Crippen LogP contribution < -0.4 is 10.5 Å². The first-order valence-electron chi connectivity index (χ1n) is 5.52. The standard InChI is InChI=1S/C9H19N3O2S/c1-7-2-4-12(5-3-7)15(13,14)11-9-6-8(9)10/h7-9,11H,2-6,10H2,1H3. The fourth-order valence-corrected chi connectivity index (χ4v) is 3.34. The summed E-state index contributed by atoms with van der Waals surface area (Å²) in [5.74, 6) is 0.639. The van der Waals surface area contributed by atoms with Crippen molar-refractivity contribution in [2.24, 2.45) is 11.7 Å². The molecule has 0 bridgehead atoms. The van der Waals surface area contributed by atoms with E-state index in [2.05, 4.69) is 11.6 Å². The number of rotatable bonds is 3. The number of hydrogen-bond acceptors (Lipinski definition) is 3. The molecule has 6 heteroatoms. The lowest BCUT2D eigenvalue weighted by molar-refractivity contribution is 0.285. The molecule has 2 aliphatic rings. The van der Waals surface area contributed by atoms with Crippen LogP contribution in [-0.2, 0) is 10.2 Å². The zero-order chi connectivity index (χ0) is 11.1. The number of piperidine rings is 1. The second-order valence-electron chi connectivity index (χ2n) is 4.71. The lowest BCUT2D eigenvalue weighted by Crippen LogP contribution is -2.46. The number of nitrogens with zero attached hydrogens (tertiary/aromatic N) is 1. The van der Waals surface area contributed by atoms with Crippen molar-refractivity contribution < 1.29 is 8.42 Å². The molecule has 0 spiro atoms. The molecule has 15 heavy (non-hydrogen) atoms. The molecule has 0 aromatic rings. The molecule has 2 fully saturated rings. The molecule has 0 aromatic carbocycles. The molecule has 0 amide bonds. The van der Waals surface area contributed by atoms with Crippen molar-refractivity contribution in [2.45, 2.75) is 38.3 Å². The summed E-state index contributed by atoms with van der Waals surface area (Å²) in [5.41, 5.74) is 5.58. The van der Waals surface area contributed by atoms with Crippen LogP contribution in [0.25, 0.3) is 0 Å². The fourth-order valence-electron chi connectivity index (χ4n) is 1.84. The van der Waals surface area contributed by atoms with Gasteiger partial charge in [0.2, 0.25) is 0 Å². The Kier molecular flexibility index (Phi) is 3.03. The Balaban J connectivity index is 1.91. The minimum absolute atomic E-state index is 0.0171. The van der Waals surface area contributed by atoms with Crippen LogP contribution in [-0.4, -0.2) is 37.9 Å². The third-order valence-electron chi connectivity index (χ3n) is 3.22. The number of hydrogen-bond donors (Lipinski definition) is 2. The molecule has 2 atom stereocenters. The summed E-state index contributed by atoms with van der Waals surface area (Å²) >= 11 is 0. The summed E-state index contributed by atoms with van der Waals surface area (Å²) < 4.78 is 27.9. The minimum Gasteiger partial charge on any atom is -0.326 e. The van der Waals surface area contributed by atoms with Gasteiger partial charge in [-0.15, -0.1) is 0 Å².